The summed E-state index contributed by atoms with van der Waals surface area (Å²) in [5, 5.41) is 8.25. The van der Waals surface area contributed by atoms with Gasteiger partial charge in [-0.2, -0.15) is 7.11 Å². The summed E-state index contributed by atoms with van der Waals surface area (Å²) in [7, 11) is 0.750. The van der Waals surface area contributed by atoms with E-state index < -0.39 is 0 Å². The first-order valence-corrected chi connectivity index (χ1v) is 0.408. The van der Waals surface area contributed by atoms with Gasteiger partial charge in [0.15, 0.2) is 0 Å². The van der Waals surface area contributed by atoms with E-state index in [-0.39, 0.29) is 40.5 Å². The molecule has 0 aliphatic heterocycles. The van der Waals surface area contributed by atoms with E-state index in [9.17, 15) is 0 Å². The largest absolute Gasteiger partial charge is 1.00 e. The Balaban J connectivity index is -0.00000000167. The van der Waals surface area contributed by atoms with Crippen molar-refractivity contribution in [1.29, 1.82) is 0 Å². The monoisotopic (exact) mass is 90.0 g/mol. The third kappa shape index (κ3) is 52.3. The molecule has 0 amide bonds. The molecule has 4 heteroatoms. The van der Waals surface area contributed by atoms with Crippen molar-refractivity contribution in [2.45, 2.75) is 0 Å². The molecule has 0 atom stereocenters. The molecule has 0 unspecified atom stereocenters. The molecular formula is CH7NaO3. The van der Waals surface area contributed by atoms with E-state index in [0.717, 1.165) is 7.11 Å². The number of hydrogen-bond acceptors (Lipinski definition) is 1. The van der Waals surface area contributed by atoms with Crippen LogP contribution in [0.4, 0.5) is 0 Å². The van der Waals surface area contributed by atoms with E-state index in [1.807, 2.05) is 0 Å². The fourth-order valence-corrected chi connectivity index (χ4v) is 0. The van der Waals surface area contributed by atoms with Crippen LogP contribution in [0.1, 0.15) is 0 Å². The summed E-state index contributed by atoms with van der Waals surface area (Å²) >= 11 is 0. The van der Waals surface area contributed by atoms with Crippen molar-refractivity contribution < 1.29 is 45.6 Å². The van der Waals surface area contributed by atoms with Gasteiger partial charge in [-0.15, -0.1) is 0 Å². The summed E-state index contributed by atoms with van der Waals surface area (Å²) < 4.78 is 0. The summed E-state index contributed by atoms with van der Waals surface area (Å²) in [5.74, 6) is 0. The Bertz CT molecular complexity index is 6.85. The second kappa shape index (κ2) is 94.9. The Morgan fingerprint density at radius 2 is 1.00 bits per heavy atom. The maximum absolute atomic E-state index is 8.25. The average Bonchev–Trinajstić information content (AvgIpc) is 1.00. The van der Waals surface area contributed by atoms with Crippen LogP contribution in [0.2, 0.25) is 0 Å². The van der Waals surface area contributed by atoms with Crippen LogP contribution < -0.4 is 34.7 Å². The van der Waals surface area contributed by atoms with E-state index in [4.69, 9.17) is 5.11 Å². The smallest absolute Gasteiger partial charge is 0.857 e. The molecule has 3 nitrogen and oxygen atoms in total. The first-order chi connectivity index (χ1) is 1.00. The summed E-state index contributed by atoms with van der Waals surface area (Å²) in [6, 6.07) is 0. The molecule has 0 spiro atoms. The van der Waals surface area contributed by atoms with Gasteiger partial charge in [0.25, 0.3) is 0 Å². The molecule has 0 bridgehead atoms. The molecule has 0 aromatic carbocycles. The number of rotatable bonds is 0. The van der Waals surface area contributed by atoms with Gasteiger partial charge in [-0.05, 0) is 0 Å². The minimum Gasteiger partial charge on any atom is -0.857 e. The maximum atomic E-state index is 8.25. The fraction of sp³-hybridized carbons (Fsp3) is 1.00. The quantitative estimate of drug-likeness (QED) is 0.273. The van der Waals surface area contributed by atoms with E-state index in [0.29, 0.717) is 0 Å². The van der Waals surface area contributed by atoms with Gasteiger partial charge in [0.1, 0.15) is 0 Å². The zero-order valence-electron chi connectivity index (χ0n) is 3.41. The Morgan fingerprint density at radius 3 is 1.00 bits per heavy atom. The summed E-state index contributed by atoms with van der Waals surface area (Å²) in [6.45, 7) is 0. The van der Waals surface area contributed by atoms with Gasteiger partial charge in [-0.1, -0.05) is 0 Å². The van der Waals surface area contributed by atoms with Gasteiger partial charge in [0.2, 0.25) is 0 Å². The Labute approximate surface area is 52.9 Å². The van der Waals surface area contributed by atoms with E-state index in [2.05, 4.69) is 0 Å². The summed E-state index contributed by atoms with van der Waals surface area (Å²) in [4.78, 5) is 0. The van der Waals surface area contributed by atoms with Crippen LogP contribution in [0.25, 0.3) is 0 Å². The Morgan fingerprint density at radius 1 is 1.00 bits per heavy atom. The summed E-state index contributed by atoms with van der Waals surface area (Å²) in [6.07, 6.45) is 0. The topological polar surface area (TPSA) is 86.1 Å². The Hall–Kier alpha value is 0.880. The Kier molecular flexibility index (Phi) is 752. The van der Waals surface area contributed by atoms with Crippen molar-refractivity contribution in [1.82, 2.24) is 0 Å². The van der Waals surface area contributed by atoms with Crippen molar-refractivity contribution in [3.63, 3.8) is 0 Å². The molecule has 0 saturated carbocycles. The number of hydrogen-bond donors (Lipinski definition) is 0. The third-order valence-corrected chi connectivity index (χ3v) is 0. The minimum absolute atomic E-state index is 0. The van der Waals surface area contributed by atoms with Crippen molar-refractivity contribution in [2.24, 2.45) is 0 Å². The SMILES string of the molecule is C[O-].O.O.[Na+]. The first-order valence-electron chi connectivity index (χ1n) is 0.408. The van der Waals surface area contributed by atoms with Gasteiger partial charge in [-0.25, -0.2) is 0 Å². The van der Waals surface area contributed by atoms with Crippen LogP contribution in [0.15, 0.2) is 0 Å². The molecule has 5 heavy (non-hydrogen) atoms. The fourth-order valence-electron chi connectivity index (χ4n) is 0. The molecule has 4 N–H and O–H groups in total. The van der Waals surface area contributed by atoms with Crippen molar-refractivity contribution in [3.8, 4) is 0 Å². The summed E-state index contributed by atoms with van der Waals surface area (Å²) in [5.41, 5.74) is 0. The van der Waals surface area contributed by atoms with E-state index in [1.165, 1.54) is 0 Å². The molecule has 0 aromatic heterocycles. The molecule has 0 aliphatic rings. The van der Waals surface area contributed by atoms with Crippen LogP contribution >= 0.6 is 0 Å². The molecular weight excluding hydrogens is 83.0 g/mol. The first kappa shape index (κ1) is 39.6. The third-order valence-electron chi connectivity index (χ3n) is 0. The molecule has 0 fully saturated rings. The van der Waals surface area contributed by atoms with Gasteiger partial charge in [0.05, 0.1) is 0 Å². The average molecular weight is 90.1 g/mol. The van der Waals surface area contributed by atoms with Crippen LogP contribution in [0.5, 0.6) is 0 Å². The molecule has 0 saturated heterocycles. The molecule has 0 aromatic rings. The normalized spacial score (nSPS) is 1.20. The minimum atomic E-state index is 0. The molecule has 0 heterocycles. The van der Waals surface area contributed by atoms with E-state index in [1.54, 1.807) is 0 Å². The predicted octanol–water partition coefficient (Wildman–Crippen LogP) is -5.67. The van der Waals surface area contributed by atoms with Gasteiger partial charge >= 0.3 is 29.6 Å². The standard InChI is InChI=1S/CH3O.Na.2H2O/c1-2;;;/h1H3;;2*1H2/q-1;+1;;. The van der Waals surface area contributed by atoms with Crippen molar-refractivity contribution in [2.75, 3.05) is 7.11 Å². The van der Waals surface area contributed by atoms with Crippen molar-refractivity contribution >= 4 is 0 Å². The molecule has 0 aliphatic carbocycles. The van der Waals surface area contributed by atoms with Gasteiger partial charge < -0.3 is 16.1 Å². The molecule has 0 radical (unpaired) electrons. The van der Waals surface area contributed by atoms with Crippen molar-refractivity contribution in [3.05, 3.63) is 0 Å². The van der Waals surface area contributed by atoms with Crippen LogP contribution in [-0.4, -0.2) is 18.1 Å². The second-order valence-electron chi connectivity index (χ2n) is 0. The zero-order valence-corrected chi connectivity index (χ0v) is 5.41. The molecule has 0 rings (SSSR count). The molecule has 30 valence electrons. The van der Waals surface area contributed by atoms with Crippen LogP contribution in [0.3, 0.4) is 0 Å². The van der Waals surface area contributed by atoms with Gasteiger partial charge in [-0.3, -0.25) is 0 Å². The van der Waals surface area contributed by atoms with Crippen LogP contribution in [-0.2, 0) is 0 Å². The van der Waals surface area contributed by atoms with E-state index >= 15 is 0 Å². The zero-order chi connectivity index (χ0) is 2.00. The second-order valence-corrected chi connectivity index (χ2v) is 0. The predicted molar refractivity (Wildman–Crippen MR) is 13.2 cm³/mol. The van der Waals surface area contributed by atoms with Crippen LogP contribution in [0, 0.1) is 0 Å². The van der Waals surface area contributed by atoms with Gasteiger partial charge in [0, 0.05) is 0 Å². The maximum Gasteiger partial charge on any atom is 1.00 e.